The maximum Gasteiger partial charge on any atom is 0.335 e. The molecule has 0 radical (unpaired) electrons. The Labute approximate surface area is 198 Å². The SMILES string of the molecule is CC1=NN(c2cccc(C(=O)O)c2)C(=O)/C1=N\Nc1cccc(/C=C/c2c(F)cccc2F)c1O. The van der Waals surface area contributed by atoms with Gasteiger partial charge in [0.2, 0.25) is 0 Å². The van der Waals surface area contributed by atoms with Crippen molar-refractivity contribution in [1.82, 2.24) is 0 Å². The fourth-order valence-corrected chi connectivity index (χ4v) is 3.32. The summed E-state index contributed by atoms with van der Waals surface area (Å²) in [6, 6.07) is 13.9. The second-order valence-corrected chi connectivity index (χ2v) is 7.44. The van der Waals surface area contributed by atoms with E-state index in [1.807, 2.05) is 0 Å². The number of carboxylic acids is 1. The molecule has 4 rings (SSSR count). The summed E-state index contributed by atoms with van der Waals surface area (Å²) in [5.74, 6) is -3.47. The van der Waals surface area contributed by atoms with Crippen LogP contribution < -0.4 is 10.4 Å². The number of rotatable bonds is 6. The fraction of sp³-hybridized carbons (Fsp3) is 0.0400. The van der Waals surface area contributed by atoms with E-state index in [9.17, 15) is 28.6 Å². The molecule has 1 amide bonds. The van der Waals surface area contributed by atoms with E-state index in [2.05, 4.69) is 15.6 Å². The maximum absolute atomic E-state index is 13.9. The van der Waals surface area contributed by atoms with Crippen LogP contribution in [0, 0.1) is 11.6 Å². The molecule has 0 atom stereocenters. The number of carbonyl (C=O) groups is 2. The summed E-state index contributed by atoms with van der Waals surface area (Å²) < 4.78 is 27.7. The second-order valence-electron chi connectivity index (χ2n) is 7.44. The first-order valence-electron chi connectivity index (χ1n) is 10.3. The molecular weight excluding hydrogens is 458 g/mol. The van der Waals surface area contributed by atoms with Crippen LogP contribution in [0.2, 0.25) is 0 Å². The molecule has 3 aromatic rings. The van der Waals surface area contributed by atoms with Crippen molar-refractivity contribution in [2.75, 3.05) is 10.4 Å². The quantitative estimate of drug-likeness (QED) is 0.270. The fourth-order valence-electron chi connectivity index (χ4n) is 3.32. The van der Waals surface area contributed by atoms with Crippen LogP contribution in [0.3, 0.4) is 0 Å². The van der Waals surface area contributed by atoms with Gasteiger partial charge in [0.1, 0.15) is 17.4 Å². The number of hydrazone groups is 2. The maximum atomic E-state index is 13.9. The number of aromatic carboxylic acids is 1. The molecular formula is C25H18F2N4O4. The zero-order valence-electron chi connectivity index (χ0n) is 18.2. The Bertz CT molecular complexity index is 1410. The highest BCUT2D eigenvalue weighted by Crippen LogP contribution is 2.30. The molecule has 0 aliphatic carbocycles. The molecule has 0 saturated heterocycles. The summed E-state index contributed by atoms with van der Waals surface area (Å²) in [7, 11) is 0. The number of amides is 1. The first-order valence-corrected chi connectivity index (χ1v) is 10.3. The predicted molar refractivity (Wildman–Crippen MR) is 128 cm³/mol. The number of para-hydroxylation sites is 1. The van der Waals surface area contributed by atoms with Crippen molar-refractivity contribution in [3.8, 4) is 5.75 Å². The zero-order chi connectivity index (χ0) is 25.1. The van der Waals surface area contributed by atoms with Crippen LogP contribution in [0.4, 0.5) is 20.2 Å². The molecule has 1 aliphatic heterocycles. The van der Waals surface area contributed by atoms with E-state index < -0.39 is 23.5 Å². The van der Waals surface area contributed by atoms with Gasteiger partial charge in [-0.15, -0.1) is 0 Å². The number of carboxylic acid groups (broad SMARTS) is 1. The third-order valence-electron chi connectivity index (χ3n) is 5.11. The lowest BCUT2D eigenvalue weighted by molar-refractivity contribution is -0.112. The summed E-state index contributed by atoms with van der Waals surface area (Å²) in [5, 5.41) is 29.0. The van der Waals surface area contributed by atoms with E-state index in [1.165, 1.54) is 54.6 Å². The first kappa shape index (κ1) is 23.3. The van der Waals surface area contributed by atoms with Crippen molar-refractivity contribution in [1.29, 1.82) is 0 Å². The number of nitrogens with zero attached hydrogens (tertiary/aromatic N) is 3. The van der Waals surface area contributed by atoms with Crippen molar-refractivity contribution >= 4 is 46.8 Å². The first-order chi connectivity index (χ1) is 16.8. The molecule has 3 N–H and O–H groups in total. The number of hydrogen-bond donors (Lipinski definition) is 3. The van der Waals surface area contributed by atoms with Crippen molar-refractivity contribution < 1.29 is 28.6 Å². The minimum Gasteiger partial charge on any atom is -0.505 e. The Morgan fingerprint density at radius 3 is 2.46 bits per heavy atom. The zero-order valence-corrected chi connectivity index (χ0v) is 18.2. The molecule has 176 valence electrons. The Morgan fingerprint density at radius 1 is 1.06 bits per heavy atom. The van der Waals surface area contributed by atoms with E-state index in [0.29, 0.717) is 0 Å². The average Bonchev–Trinajstić information content (AvgIpc) is 3.12. The number of nitrogens with one attached hydrogen (secondary N) is 1. The number of phenolic OH excluding ortho intramolecular Hbond substituents is 1. The molecule has 10 heteroatoms. The number of phenols is 1. The molecule has 35 heavy (non-hydrogen) atoms. The van der Waals surface area contributed by atoms with E-state index in [1.54, 1.807) is 13.0 Å². The lowest BCUT2D eigenvalue weighted by Crippen LogP contribution is -2.28. The van der Waals surface area contributed by atoms with Crippen molar-refractivity contribution in [3.05, 3.63) is 89.0 Å². The van der Waals surface area contributed by atoms with Crippen molar-refractivity contribution in [2.24, 2.45) is 10.2 Å². The van der Waals surface area contributed by atoms with Gasteiger partial charge in [0, 0.05) is 11.1 Å². The van der Waals surface area contributed by atoms with Gasteiger partial charge < -0.3 is 10.2 Å². The van der Waals surface area contributed by atoms with E-state index in [4.69, 9.17) is 0 Å². The number of carbonyl (C=O) groups excluding carboxylic acids is 1. The average molecular weight is 476 g/mol. The lowest BCUT2D eigenvalue weighted by atomic mass is 10.1. The third kappa shape index (κ3) is 4.76. The number of hydrogen-bond acceptors (Lipinski definition) is 6. The minimum atomic E-state index is -1.14. The van der Waals surface area contributed by atoms with Gasteiger partial charge >= 0.3 is 11.9 Å². The van der Waals surface area contributed by atoms with E-state index in [-0.39, 0.29) is 45.2 Å². The molecule has 0 aromatic heterocycles. The van der Waals surface area contributed by atoms with Crippen molar-refractivity contribution in [2.45, 2.75) is 6.92 Å². The van der Waals surface area contributed by atoms with Crippen LogP contribution in [0.15, 0.2) is 70.9 Å². The monoisotopic (exact) mass is 476 g/mol. The normalized spacial score (nSPS) is 14.6. The van der Waals surface area contributed by atoms with Crippen LogP contribution in [0.5, 0.6) is 5.75 Å². The Hall–Kier alpha value is -4.86. The number of halogens is 2. The van der Waals surface area contributed by atoms with Gasteiger partial charge in [-0.3, -0.25) is 10.2 Å². The van der Waals surface area contributed by atoms with E-state index >= 15 is 0 Å². The predicted octanol–water partition coefficient (Wildman–Crippen LogP) is 4.73. The molecule has 0 saturated carbocycles. The van der Waals surface area contributed by atoms with Gasteiger partial charge in [-0.25, -0.2) is 13.6 Å². The summed E-state index contributed by atoms with van der Waals surface area (Å²) in [6.07, 6.45) is 2.55. The molecule has 0 spiro atoms. The van der Waals surface area contributed by atoms with Crippen LogP contribution >= 0.6 is 0 Å². The summed E-state index contributed by atoms with van der Waals surface area (Å²) >= 11 is 0. The molecule has 1 heterocycles. The topological polar surface area (TPSA) is 115 Å². The standard InChI is InChI=1S/C25H18F2N4O4/c1-14-22(24(33)31(30-14)17-7-2-6-16(13-17)25(34)35)29-28-21-10-3-5-15(23(21)32)11-12-18-19(26)8-4-9-20(18)27/h2-13,28,32H,1H3,(H,34,35)/b12-11+,29-22-. The molecule has 3 aromatic carbocycles. The molecule has 1 aliphatic rings. The molecule has 0 unspecified atom stereocenters. The Balaban J connectivity index is 1.56. The summed E-state index contributed by atoms with van der Waals surface area (Å²) in [6.45, 7) is 1.56. The Morgan fingerprint density at radius 2 is 1.74 bits per heavy atom. The lowest BCUT2D eigenvalue weighted by Gasteiger charge is -2.12. The summed E-state index contributed by atoms with van der Waals surface area (Å²) in [5.41, 5.74) is 3.25. The smallest absolute Gasteiger partial charge is 0.335 e. The largest absolute Gasteiger partial charge is 0.505 e. The van der Waals surface area contributed by atoms with Gasteiger partial charge in [0.15, 0.2) is 5.71 Å². The van der Waals surface area contributed by atoms with Crippen molar-refractivity contribution in [3.63, 3.8) is 0 Å². The number of aromatic hydroxyl groups is 1. The Kier molecular flexibility index (Phi) is 6.36. The van der Waals surface area contributed by atoms with Gasteiger partial charge in [0.05, 0.1) is 22.6 Å². The van der Waals surface area contributed by atoms with E-state index in [0.717, 1.165) is 17.1 Å². The minimum absolute atomic E-state index is 0.00303. The van der Waals surface area contributed by atoms with Gasteiger partial charge in [0.25, 0.3) is 0 Å². The summed E-state index contributed by atoms with van der Waals surface area (Å²) in [4.78, 5) is 24.1. The van der Waals surface area contributed by atoms with Gasteiger partial charge in [-0.1, -0.05) is 30.3 Å². The van der Waals surface area contributed by atoms with Crippen LogP contribution in [-0.2, 0) is 4.79 Å². The third-order valence-corrected chi connectivity index (χ3v) is 5.11. The van der Waals surface area contributed by atoms with Crippen LogP contribution in [-0.4, -0.2) is 33.5 Å². The van der Waals surface area contributed by atoms with Crippen LogP contribution in [0.1, 0.15) is 28.4 Å². The number of benzene rings is 3. The second kappa shape index (κ2) is 9.56. The van der Waals surface area contributed by atoms with Crippen LogP contribution in [0.25, 0.3) is 12.2 Å². The van der Waals surface area contributed by atoms with Gasteiger partial charge in [-0.2, -0.15) is 15.2 Å². The van der Waals surface area contributed by atoms with Gasteiger partial charge in [-0.05, 0) is 49.4 Å². The molecule has 0 bridgehead atoms. The number of anilines is 2. The highest BCUT2D eigenvalue weighted by atomic mass is 19.1. The molecule has 0 fully saturated rings. The molecule has 8 nitrogen and oxygen atoms in total. The highest BCUT2D eigenvalue weighted by Gasteiger charge is 2.31. The highest BCUT2D eigenvalue weighted by molar-refractivity contribution is 6.71.